The fourth-order valence-electron chi connectivity index (χ4n) is 2.77. The van der Waals surface area contributed by atoms with Crippen LogP contribution in [0.2, 0.25) is 0 Å². The van der Waals surface area contributed by atoms with E-state index in [1.165, 1.54) is 18.9 Å². The third-order valence-electron chi connectivity index (χ3n) is 3.91. The summed E-state index contributed by atoms with van der Waals surface area (Å²) in [6.45, 7) is 3.15. The summed E-state index contributed by atoms with van der Waals surface area (Å²) in [5.41, 5.74) is 0.393. The number of fused-ring (bicyclic) bond motifs is 1. The lowest BCUT2D eigenvalue weighted by molar-refractivity contribution is 0.424. The van der Waals surface area contributed by atoms with Crippen LogP contribution in [0, 0.1) is 11.7 Å². The van der Waals surface area contributed by atoms with Gasteiger partial charge < -0.3 is 9.73 Å². The Morgan fingerprint density at radius 2 is 2.26 bits per heavy atom. The first-order valence-corrected chi connectivity index (χ1v) is 7.18. The van der Waals surface area contributed by atoms with Gasteiger partial charge in [0.15, 0.2) is 11.4 Å². The van der Waals surface area contributed by atoms with Gasteiger partial charge in [0.05, 0.1) is 0 Å². The molecule has 2 nitrogen and oxygen atoms in total. The Morgan fingerprint density at radius 3 is 2.95 bits per heavy atom. The lowest BCUT2D eigenvalue weighted by Crippen LogP contribution is -2.31. The van der Waals surface area contributed by atoms with Gasteiger partial charge in [0, 0.05) is 17.8 Å². The fourth-order valence-corrected chi connectivity index (χ4v) is 2.77. The summed E-state index contributed by atoms with van der Waals surface area (Å²) in [5.74, 6) is 1.46. The predicted molar refractivity (Wildman–Crippen MR) is 74.7 cm³/mol. The maximum Gasteiger partial charge on any atom is 0.169 e. The third-order valence-corrected chi connectivity index (χ3v) is 3.91. The number of aryl methyl sites for hydroxylation is 1. The second-order valence-electron chi connectivity index (χ2n) is 5.41. The van der Waals surface area contributed by atoms with Crippen molar-refractivity contribution in [3.05, 3.63) is 35.8 Å². The minimum absolute atomic E-state index is 0.269. The molecule has 1 saturated carbocycles. The molecule has 0 amide bonds. The van der Waals surface area contributed by atoms with E-state index in [2.05, 4.69) is 12.2 Å². The molecule has 1 atom stereocenters. The summed E-state index contributed by atoms with van der Waals surface area (Å²) in [4.78, 5) is 0. The number of hydrogen-bond donors (Lipinski definition) is 1. The summed E-state index contributed by atoms with van der Waals surface area (Å²) >= 11 is 0. The lowest BCUT2D eigenvalue weighted by Gasteiger charge is -2.16. The number of nitrogens with one attached hydrogen (secondary N) is 1. The molecule has 0 spiro atoms. The second-order valence-corrected chi connectivity index (χ2v) is 5.41. The number of rotatable bonds is 6. The molecule has 3 rings (SSSR count). The molecule has 1 aromatic heterocycles. The van der Waals surface area contributed by atoms with Crippen LogP contribution in [0.1, 0.15) is 31.9 Å². The van der Waals surface area contributed by atoms with Crippen molar-refractivity contribution in [3.63, 3.8) is 0 Å². The average Bonchev–Trinajstić information content (AvgIpc) is 3.15. The fraction of sp³-hybridized carbons (Fsp3) is 0.500. The van der Waals surface area contributed by atoms with Crippen molar-refractivity contribution >= 4 is 11.0 Å². The van der Waals surface area contributed by atoms with Crippen LogP contribution in [0.5, 0.6) is 0 Å². The van der Waals surface area contributed by atoms with Gasteiger partial charge in [0.25, 0.3) is 0 Å². The van der Waals surface area contributed by atoms with Crippen LogP contribution in [-0.2, 0) is 6.42 Å². The maximum atomic E-state index is 13.6. The molecule has 0 bridgehead atoms. The quantitative estimate of drug-likeness (QED) is 0.853. The molecule has 19 heavy (non-hydrogen) atoms. The van der Waals surface area contributed by atoms with E-state index >= 15 is 0 Å². The van der Waals surface area contributed by atoms with Gasteiger partial charge in [0.2, 0.25) is 0 Å². The van der Waals surface area contributed by atoms with Crippen molar-refractivity contribution in [1.29, 1.82) is 0 Å². The number of furan rings is 1. The Bertz CT molecular complexity index is 559. The van der Waals surface area contributed by atoms with Crippen molar-refractivity contribution in [2.24, 2.45) is 5.92 Å². The molecular formula is C16H20FNO. The molecule has 1 unspecified atom stereocenters. The van der Waals surface area contributed by atoms with E-state index in [4.69, 9.17) is 4.42 Å². The minimum Gasteiger partial charge on any atom is -0.458 e. The Hall–Kier alpha value is -1.35. The highest BCUT2D eigenvalue weighted by Crippen LogP contribution is 2.34. The molecule has 2 aromatic rings. The third kappa shape index (κ3) is 2.81. The van der Waals surface area contributed by atoms with E-state index in [-0.39, 0.29) is 5.82 Å². The highest BCUT2D eigenvalue weighted by molar-refractivity contribution is 5.78. The molecule has 0 saturated heterocycles. The van der Waals surface area contributed by atoms with Gasteiger partial charge >= 0.3 is 0 Å². The average molecular weight is 261 g/mol. The zero-order valence-corrected chi connectivity index (χ0v) is 11.3. The van der Waals surface area contributed by atoms with Gasteiger partial charge in [-0.05, 0) is 43.9 Å². The summed E-state index contributed by atoms with van der Waals surface area (Å²) in [6, 6.07) is 7.62. The van der Waals surface area contributed by atoms with Crippen LogP contribution in [0.3, 0.4) is 0 Å². The topological polar surface area (TPSA) is 25.2 Å². The lowest BCUT2D eigenvalue weighted by atomic mass is 10.1. The number of halogens is 1. The smallest absolute Gasteiger partial charge is 0.169 e. The molecule has 102 valence electrons. The standard InChI is InChI=1S/C16H20FNO/c1-2-18-15(11-6-7-11)9-8-13-10-12-4-3-5-14(17)16(12)19-13/h3-5,10-11,15,18H,2,6-9H2,1H3. The van der Waals surface area contributed by atoms with E-state index in [0.29, 0.717) is 11.6 Å². The molecule has 0 radical (unpaired) electrons. The number of para-hydroxylation sites is 1. The summed E-state index contributed by atoms with van der Waals surface area (Å²) in [5, 5.41) is 4.41. The number of hydrogen-bond acceptors (Lipinski definition) is 2. The van der Waals surface area contributed by atoms with E-state index < -0.39 is 0 Å². The SMILES string of the molecule is CCNC(CCc1cc2cccc(F)c2o1)C1CC1. The summed E-state index contributed by atoms with van der Waals surface area (Å²) in [7, 11) is 0. The van der Waals surface area contributed by atoms with Gasteiger partial charge in [-0.2, -0.15) is 0 Å². The molecule has 1 N–H and O–H groups in total. The summed E-state index contributed by atoms with van der Waals surface area (Å²) in [6.07, 6.45) is 4.63. The first-order valence-electron chi connectivity index (χ1n) is 7.18. The van der Waals surface area contributed by atoms with E-state index in [0.717, 1.165) is 36.5 Å². The van der Waals surface area contributed by atoms with Crippen molar-refractivity contribution in [3.8, 4) is 0 Å². The highest BCUT2D eigenvalue weighted by atomic mass is 19.1. The Balaban J connectivity index is 1.69. The second kappa shape index (κ2) is 5.33. The van der Waals surface area contributed by atoms with E-state index in [1.807, 2.05) is 12.1 Å². The van der Waals surface area contributed by atoms with Crippen LogP contribution in [0.25, 0.3) is 11.0 Å². The predicted octanol–water partition coefficient (Wildman–Crippen LogP) is 3.89. The Kier molecular flexibility index (Phi) is 3.56. The molecule has 1 fully saturated rings. The van der Waals surface area contributed by atoms with E-state index in [1.54, 1.807) is 6.07 Å². The minimum atomic E-state index is -0.269. The maximum absolute atomic E-state index is 13.6. The van der Waals surface area contributed by atoms with Crippen LogP contribution in [-0.4, -0.2) is 12.6 Å². The first kappa shape index (κ1) is 12.7. The van der Waals surface area contributed by atoms with E-state index in [9.17, 15) is 4.39 Å². The molecule has 1 aromatic carbocycles. The monoisotopic (exact) mass is 261 g/mol. The molecule has 1 aliphatic carbocycles. The van der Waals surface area contributed by atoms with Gasteiger partial charge in [-0.3, -0.25) is 0 Å². The molecule has 0 aliphatic heterocycles. The van der Waals surface area contributed by atoms with Gasteiger partial charge in [-0.25, -0.2) is 4.39 Å². The largest absolute Gasteiger partial charge is 0.458 e. The van der Waals surface area contributed by atoms with Gasteiger partial charge in [-0.1, -0.05) is 19.1 Å². The van der Waals surface area contributed by atoms with Crippen molar-refractivity contribution < 1.29 is 8.81 Å². The van der Waals surface area contributed by atoms with Crippen molar-refractivity contribution in [2.75, 3.05) is 6.54 Å². The zero-order chi connectivity index (χ0) is 13.2. The summed E-state index contributed by atoms with van der Waals surface area (Å²) < 4.78 is 19.2. The molecule has 1 heterocycles. The van der Waals surface area contributed by atoms with Crippen LogP contribution in [0.4, 0.5) is 4.39 Å². The molecular weight excluding hydrogens is 241 g/mol. The first-order chi connectivity index (χ1) is 9.28. The Labute approximate surface area is 113 Å². The normalized spacial score (nSPS) is 16.9. The van der Waals surface area contributed by atoms with Gasteiger partial charge in [0.1, 0.15) is 5.76 Å². The van der Waals surface area contributed by atoms with Crippen molar-refractivity contribution in [2.45, 2.75) is 38.6 Å². The molecule has 3 heteroatoms. The van der Waals surface area contributed by atoms with Gasteiger partial charge in [-0.15, -0.1) is 0 Å². The highest BCUT2D eigenvalue weighted by Gasteiger charge is 2.30. The van der Waals surface area contributed by atoms with Crippen molar-refractivity contribution in [1.82, 2.24) is 5.32 Å². The zero-order valence-electron chi connectivity index (χ0n) is 11.3. The van der Waals surface area contributed by atoms with Crippen LogP contribution < -0.4 is 5.32 Å². The van der Waals surface area contributed by atoms with Crippen LogP contribution in [0.15, 0.2) is 28.7 Å². The number of benzene rings is 1. The Morgan fingerprint density at radius 1 is 1.42 bits per heavy atom. The van der Waals surface area contributed by atoms with Crippen LogP contribution >= 0.6 is 0 Å². The molecule has 1 aliphatic rings.